The number of Topliss-reactive ketones (excluding diaryl/α,β-unsaturated/α-hetero) is 1. The van der Waals surface area contributed by atoms with Crippen LogP contribution in [-0.2, 0) is 14.3 Å². The van der Waals surface area contributed by atoms with E-state index in [0.29, 0.717) is 11.3 Å². The van der Waals surface area contributed by atoms with Gasteiger partial charge < -0.3 is 15.2 Å². The zero-order valence-electron chi connectivity index (χ0n) is 13.7. The highest BCUT2D eigenvalue weighted by molar-refractivity contribution is 6.06. The maximum atomic E-state index is 12.7. The molecule has 0 saturated carbocycles. The van der Waals surface area contributed by atoms with E-state index in [2.05, 4.69) is 10.1 Å². The molecule has 1 aromatic carbocycles. The molecule has 126 valence electrons. The maximum absolute atomic E-state index is 12.7. The van der Waals surface area contributed by atoms with Crippen molar-refractivity contribution in [3.05, 3.63) is 29.8 Å². The normalized spacial score (nSPS) is 13.3. The standard InChI is InChI=1S/C16H22N2O5/c1-10(16(22)23-4)17-12-8-6-5-7-11(12)15(21)13(18(2)3)9-14(19)20/h5-8,10,13,17H,9H2,1-4H3,(H,19,20)/t10?,13-/m0/s1. The second kappa shape index (κ2) is 8.28. The van der Waals surface area contributed by atoms with Crippen LogP contribution in [0.5, 0.6) is 0 Å². The highest BCUT2D eigenvalue weighted by atomic mass is 16.5. The number of benzene rings is 1. The number of carbonyl (C=O) groups excluding carboxylic acids is 2. The largest absolute Gasteiger partial charge is 0.481 e. The van der Waals surface area contributed by atoms with E-state index in [9.17, 15) is 14.4 Å². The Labute approximate surface area is 135 Å². The van der Waals surface area contributed by atoms with Crippen molar-refractivity contribution >= 4 is 23.4 Å². The van der Waals surface area contributed by atoms with Gasteiger partial charge in [0.15, 0.2) is 5.78 Å². The number of ketones is 1. The molecule has 1 unspecified atom stereocenters. The van der Waals surface area contributed by atoms with Crippen LogP contribution >= 0.6 is 0 Å². The summed E-state index contributed by atoms with van der Waals surface area (Å²) >= 11 is 0. The van der Waals surface area contributed by atoms with E-state index in [0.717, 1.165) is 0 Å². The molecule has 1 aromatic rings. The molecule has 0 aliphatic heterocycles. The fourth-order valence-electron chi connectivity index (χ4n) is 2.15. The van der Waals surface area contributed by atoms with Gasteiger partial charge in [-0.1, -0.05) is 12.1 Å². The number of nitrogens with one attached hydrogen (secondary N) is 1. The summed E-state index contributed by atoms with van der Waals surface area (Å²) in [6.45, 7) is 1.62. The summed E-state index contributed by atoms with van der Waals surface area (Å²) < 4.78 is 4.65. The number of carbonyl (C=O) groups is 3. The molecule has 0 heterocycles. The zero-order valence-corrected chi connectivity index (χ0v) is 13.7. The van der Waals surface area contributed by atoms with Gasteiger partial charge in [0, 0.05) is 11.3 Å². The molecule has 0 aliphatic carbocycles. The van der Waals surface area contributed by atoms with Crippen LogP contribution in [0, 0.1) is 0 Å². The van der Waals surface area contributed by atoms with Crippen molar-refractivity contribution in [2.24, 2.45) is 0 Å². The Balaban J connectivity index is 3.09. The number of nitrogens with zero attached hydrogens (tertiary/aromatic N) is 1. The summed E-state index contributed by atoms with van der Waals surface area (Å²) in [7, 11) is 4.59. The van der Waals surface area contributed by atoms with Gasteiger partial charge >= 0.3 is 11.9 Å². The molecular formula is C16H22N2O5. The quantitative estimate of drug-likeness (QED) is 0.549. The van der Waals surface area contributed by atoms with Gasteiger partial charge in [0.1, 0.15) is 6.04 Å². The van der Waals surface area contributed by atoms with Crippen molar-refractivity contribution in [1.82, 2.24) is 4.90 Å². The van der Waals surface area contributed by atoms with Crippen molar-refractivity contribution in [1.29, 1.82) is 0 Å². The van der Waals surface area contributed by atoms with E-state index in [1.54, 1.807) is 50.2 Å². The molecule has 2 N–H and O–H groups in total. The molecule has 2 atom stereocenters. The van der Waals surface area contributed by atoms with Crippen LogP contribution in [0.1, 0.15) is 23.7 Å². The van der Waals surface area contributed by atoms with Crippen LogP contribution in [0.25, 0.3) is 0 Å². The number of esters is 1. The van der Waals surface area contributed by atoms with Gasteiger partial charge in [-0.2, -0.15) is 0 Å². The Morgan fingerprint density at radius 3 is 2.39 bits per heavy atom. The Bertz CT molecular complexity index is 586. The minimum absolute atomic E-state index is 0.299. The number of rotatable bonds is 8. The van der Waals surface area contributed by atoms with Gasteiger partial charge in [-0.25, -0.2) is 4.79 Å². The van der Waals surface area contributed by atoms with Gasteiger partial charge in [0.25, 0.3) is 0 Å². The number of methoxy groups -OCH3 is 1. The lowest BCUT2D eigenvalue weighted by molar-refractivity contribution is -0.141. The highest BCUT2D eigenvalue weighted by Gasteiger charge is 2.27. The number of ether oxygens (including phenoxy) is 1. The number of anilines is 1. The average Bonchev–Trinajstić information content (AvgIpc) is 2.51. The summed E-state index contributed by atoms with van der Waals surface area (Å²) in [5, 5.41) is 11.9. The predicted molar refractivity (Wildman–Crippen MR) is 85.6 cm³/mol. The third-order valence-electron chi connectivity index (χ3n) is 3.41. The van der Waals surface area contributed by atoms with E-state index < -0.39 is 24.0 Å². The number of aliphatic carboxylic acids is 1. The van der Waals surface area contributed by atoms with Gasteiger partial charge in [-0.15, -0.1) is 0 Å². The summed E-state index contributed by atoms with van der Waals surface area (Å²) in [5.74, 6) is -1.83. The SMILES string of the molecule is COC(=O)C(C)Nc1ccccc1C(=O)[C@H](CC(=O)O)N(C)C. The van der Waals surface area contributed by atoms with Crippen LogP contribution in [0.15, 0.2) is 24.3 Å². The number of likely N-dealkylation sites (N-methyl/N-ethyl adjacent to an activating group) is 1. The third-order valence-corrected chi connectivity index (χ3v) is 3.41. The molecule has 7 nitrogen and oxygen atoms in total. The first kappa shape index (κ1) is 18.6. The monoisotopic (exact) mass is 322 g/mol. The lowest BCUT2D eigenvalue weighted by atomic mass is 9.99. The Hall–Kier alpha value is -2.41. The van der Waals surface area contributed by atoms with Crippen LogP contribution in [-0.4, -0.2) is 61.0 Å². The van der Waals surface area contributed by atoms with E-state index in [-0.39, 0.29) is 12.2 Å². The minimum atomic E-state index is -1.05. The fraction of sp³-hybridized carbons (Fsp3) is 0.438. The highest BCUT2D eigenvalue weighted by Crippen LogP contribution is 2.20. The van der Waals surface area contributed by atoms with Crippen molar-refractivity contribution in [3.63, 3.8) is 0 Å². The summed E-state index contributed by atoms with van der Waals surface area (Å²) in [5.41, 5.74) is 0.802. The van der Waals surface area contributed by atoms with Gasteiger partial charge in [-0.05, 0) is 33.2 Å². The second-order valence-corrected chi connectivity index (χ2v) is 5.38. The Morgan fingerprint density at radius 1 is 1.26 bits per heavy atom. The van der Waals surface area contributed by atoms with E-state index in [4.69, 9.17) is 5.11 Å². The van der Waals surface area contributed by atoms with Crippen molar-refractivity contribution in [3.8, 4) is 0 Å². The van der Waals surface area contributed by atoms with Crippen molar-refractivity contribution in [2.45, 2.75) is 25.4 Å². The smallest absolute Gasteiger partial charge is 0.327 e. The van der Waals surface area contributed by atoms with Crippen LogP contribution in [0.3, 0.4) is 0 Å². The first-order valence-corrected chi connectivity index (χ1v) is 7.13. The average molecular weight is 322 g/mol. The lowest BCUT2D eigenvalue weighted by Crippen LogP contribution is -2.38. The van der Waals surface area contributed by atoms with Crippen LogP contribution < -0.4 is 5.32 Å². The number of carboxylic acid groups (broad SMARTS) is 1. The maximum Gasteiger partial charge on any atom is 0.327 e. The molecule has 0 saturated heterocycles. The minimum Gasteiger partial charge on any atom is -0.481 e. The molecule has 0 spiro atoms. The predicted octanol–water partition coefficient (Wildman–Crippen LogP) is 1.25. The molecule has 0 amide bonds. The molecule has 0 aliphatic rings. The van der Waals surface area contributed by atoms with E-state index in [1.807, 2.05) is 0 Å². The van der Waals surface area contributed by atoms with Gasteiger partial charge in [0.05, 0.1) is 19.6 Å². The molecule has 0 radical (unpaired) electrons. The number of hydrogen-bond donors (Lipinski definition) is 2. The summed E-state index contributed by atoms with van der Waals surface area (Å²) in [6.07, 6.45) is -0.299. The lowest BCUT2D eigenvalue weighted by Gasteiger charge is -2.23. The van der Waals surface area contributed by atoms with Crippen molar-refractivity contribution < 1.29 is 24.2 Å². The summed E-state index contributed by atoms with van der Waals surface area (Å²) in [4.78, 5) is 36.8. The number of para-hydroxylation sites is 1. The molecule has 0 bridgehead atoms. The molecule has 0 fully saturated rings. The Morgan fingerprint density at radius 2 is 1.87 bits per heavy atom. The number of hydrogen-bond acceptors (Lipinski definition) is 6. The summed E-state index contributed by atoms with van der Waals surface area (Å²) in [6, 6.07) is 5.27. The molecular weight excluding hydrogens is 300 g/mol. The van der Waals surface area contributed by atoms with Crippen LogP contribution in [0.4, 0.5) is 5.69 Å². The van der Waals surface area contributed by atoms with E-state index in [1.165, 1.54) is 7.11 Å². The van der Waals surface area contributed by atoms with Crippen LogP contribution in [0.2, 0.25) is 0 Å². The first-order valence-electron chi connectivity index (χ1n) is 7.13. The van der Waals surface area contributed by atoms with Gasteiger partial charge in [-0.3, -0.25) is 14.5 Å². The first-order chi connectivity index (χ1) is 10.8. The Kier molecular flexibility index (Phi) is 6.71. The third kappa shape index (κ3) is 5.07. The second-order valence-electron chi connectivity index (χ2n) is 5.38. The number of carboxylic acids is 1. The topological polar surface area (TPSA) is 95.9 Å². The fourth-order valence-corrected chi connectivity index (χ4v) is 2.15. The zero-order chi connectivity index (χ0) is 17.6. The van der Waals surface area contributed by atoms with Crippen molar-refractivity contribution in [2.75, 3.05) is 26.5 Å². The molecule has 1 rings (SSSR count). The van der Waals surface area contributed by atoms with Gasteiger partial charge in [0.2, 0.25) is 0 Å². The molecule has 23 heavy (non-hydrogen) atoms. The molecule has 7 heteroatoms. The van der Waals surface area contributed by atoms with E-state index >= 15 is 0 Å². The molecule has 0 aromatic heterocycles.